The van der Waals surface area contributed by atoms with E-state index in [9.17, 15) is 19.8 Å². The molecule has 3 N–H and O–H groups in total. The summed E-state index contributed by atoms with van der Waals surface area (Å²) in [6.45, 7) is 0. The monoisotopic (exact) mass is 423 g/mol. The minimum Gasteiger partial charge on any atom is -0.508 e. The fourth-order valence-corrected chi connectivity index (χ4v) is 4.11. The maximum Gasteiger partial charge on any atom is 0.358 e. The molecule has 1 spiro atoms. The van der Waals surface area contributed by atoms with E-state index in [1.54, 1.807) is 24.3 Å². The Hall–Kier alpha value is -3.69. The molecule has 0 radical (unpaired) electrons. The molecule has 2 aliphatic rings. The number of aromatic hydroxyl groups is 2. The van der Waals surface area contributed by atoms with Crippen molar-refractivity contribution in [1.29, 1.82) is 0 Å². The Morgan fingerprint density at radius 3 is 2.23 bits per heavy atom. The normalized spacial score (nSPS) is 14.9. The Labute approximate surface area is 175 Å². The van der Waals surface area contributed by atoms with Crippen LogP contribution in [0.25, 0.3) is 0 Å². The fraction of sp³-hybridized carbons (Fsp3) is 0.0476. The van der Waals surface area contributed by atoms with Gasteiger partial charge in [0.25, 0.3) is 0 Å². The molecule has 0 fully saturated rings. The number of hydrogen-bond donors (Lipinski definition) is 4. The highest BCUT2D eigenvalue weighted by atomic mass is 32.1. The molecule has 0 bridgehead atoms. The maximum absolute atomic E-state index is 12.9. The summed E-state index contributed by atoms with van der Waals surface area (Å²) >= 11 is 3.70. The van der Waals surface area contributed by atoms with Gasteiger partial charge in [0, 0.05) is 28.8 Å². The molecule has 3 aromatic rings. The van der Waals surface area contributed by atoms with Crippen molar-refractivity contribution in [3.05, 3.63) is 82.4 Å². The van der Waals surface area contributed by atoms with Crippen LogP contribution in [0.15, 0.2) is 54.6 Å². The van der Waals surface area contributed by atoms with Crippen molar-refractivity contribution in [1.82, 2.24) is 4.89 Å². The molecule has 0 unspecified atom stereocenters. The summed E-state index contributed by atoms with van der Waals surface area (Å²) in [5.74, 6) is -1.12. The van der Waals surface area contributed by atoms with E-state index in [-0.39, 0.29) is 39.7 Å². The van der Waals surface area contributed by atoms with Crippen molar-refractivity contribution in [2.75, 3.05) is 0 Å². The highest BCUT2D eigenvalue weighted by Gasteiger charge is 2.55. The second-order valence-electron chi connectivity index (χ2n) is 6.74. The molecule has 9 heteroatoms. The molecule has 0 saturated carbocycles. The van der Waals surface area contributed by atoms with Crippen molar-refractivity contribution >= 4 is 24.8 Å². The van der Waals surface area contributed by atoms with E-state index in [0.29, 0.717) is 11.1 Å². The third kappa shape index (κ3) is 2.39. The highest BCUT2D eigenvalue weighted by Crippen LogP contribution is 2.57. The van der Waals surface area contributed by atoms with E-state index < -0.39 is 17.5 Å². The van der Waals surface area contributed by atoms with Crippen LogP contribution in [-0.4, -0.2) is 22.2 Å². The Bertz CT molecular complexity index is 1190. The van der Waals surface area contributed by atoms with Crippen molar-refractivity contribution in [2.24, 2.45) is 0 Å². The second kappa shape index (κ2) is 6.41. The number of benzene rings is 3. The Kier molecular flexibility index (Phi) is 3.92. The van der Waals surface area contributed by atoms with Crippen molar-refractivity contribution in [3.63, 3.8) is 0 Å². The van der Waals surface area contributed by atoms with Crippen molar-refractivity contribution in [3.8, 4) is 23.0 Å². The molecule has 0 aromatic heterocycles. The van der Waals surface area contributed by atoms with Crippen LogP contribution >= 0.6 is 12.8 Å². The first kappa shape index (κ1) is 18.3. The van der Waals surface area contributed by atoms with E-state index in [1.165, 1.54) is 30.3 Å². The van der Waals surface area contributed by atoms with Gasteiger partial charge in [-0.2, -0.15) is 0 Å². The molecule has 30 heavy (non-hydrogen) atoms. The molecule has 3 aromatic carbocycles. The van der Waals surface area contributed by atoms with Crippen molar-refractivity contribution < 1.29 is 34.1 Å². The summed E-state index contributed by atoms with van der Waals surface area (Å²) in [6.07, 6.45) is 0. The summed E-state index contributed by atoms with van der Waals surface area (Å²) in [5.41, 5.74) is -0.202. The number of carbonyl (C=O) groups is 2. The van der Waals surface area contributed by atoms with Crippen molar-refractivity contribution in [2.45, 2.75) is 5.60 Å². The molecule has 0 amide bonds. The number of ether oxygens (including phenoxy) is 2. The topological polar surface area (TPSA) is 114 Å². The minimum atomic E-state index is -1.55. The zero-order chi connectivity index (χ0) is 21.0. The molecular weight excluding hydrogens is 410 g/mol. The number of thiol groups is 1. The zero-order valence-corrected chi connectivity index (χ0v) is 16.0. The summed E-state index contributed by atoms with van der Waals surface area (Å²) in [5, 5.41) is 19.9. The molecule has 0 aliphatic carbocycles. The van der Waals surface area contributed by atoms with Crippen LogP contribution in [0, 0.1) is 0 Å². The lowest BCUT2D eigenvalue weighted by Crippen LogP contribution is -2.34. The van der Waals surface area contributed by atoms with Gasteiger partial charge in [-0.1, -0.05) is 23.8 Å². The predicted octanol–water partition coefficient (Wildman–Crippen LogP) is 3.17. The van der Waals surface area contributed by atoms with E-state index in [1.807, 2.05) is 4.89 Å². The van der Waals surface area contributed by atoms with E-state index in [4.69, 9.17) is 14.3 Å². The van der Waals surface area contributed by atoms with Gasteiger partial charge in [-0.3, -0.25) is 0 Å². The van der Waals surface area contributed by atoms with E-state index in [0.717, 1.165) is 0 Å². The first-order valence-electron chi connectivity index (χ1n) is 8.77. The molecule has 150 valence electrons. The van der Waals surface area contributed by atoms with Crippen LogP contribution in [-0.2, 0) is 15.2 Å². The number of nitrogens with one attached hydrogen (secondary N) is 1. The Balaban J connectivity index is 1.90. The summed E-state index contributed by atoms with van der Waals surface area (Å²) < 4.78 is 11.8. The Morgan fingerprint density at radius 1 is 1.00 bits per heavy atom. The molecule has 5 rings (SSSR count). The van der Waals surface area contributed by atoms with Gasteiger partial charge in [0.1, 0.15) is 23.0 Å². The van der Waals surface area contributed by atoms with E-state index >= 15 is 0 Å². The molecule has 2 aliphatic heterocycles. The fourth-order valence-electron chi connectivity index (χ4n) is 4.03. The average molecular weight is 423 g/mol. The van der Waals surface area contributed by atoms with Gasteiger partial charge >= 0.3 is 11.9 Å². The zero-order valence-electron chi connectivity index (χ0n) is 15.1. The number of hydrogen-bond acceptors (Lipinski definition) is 9. The molecule has 0 saturated heterocycles. The van der Waals surface area contributed by atoms with Crippen LogP contribution in [0.5, 0.6) is 23.0 Å². The van der Waals surface area contributed by atoms with Gasteiger partial charge in [-0.05, 0) is 36.4 Å². The number of rotatable bonds is 2. The first-order valence-corrected chi connectivity index (χ1v) is 9.22. The maximum atomic E-state index is 12.9. The smallest absolute Gasteiger partial charge is 0.358 e. The Morgan fingerprint density at radius 2 is 1.63 bits per heavy atom. The molecular formula is C21H13NO7S. The van der Waals surface area contributed by atoms with Crippen LogP contribution < -0.4 is 9.62 Å². The summed E-state index contributed by atoms with van der Waals surface area (Å²) in [4.78, 5) is 32.4. The first-order chi connectivity index (χ1) is 14.5. The molecule has 8 nitrogen and oxygen atoms in total. The third-order valence-corrected chi connectivity index (χ3v) is 5.24. The van der Waals surface area contributed by atoms with Crippen LogP contribution in [0.1, 0.15) is 37.4 Å². The second-order valence-corrected chi connectivity index (χ2v) is 6.93. The number of fused-ring (bicyclic) bond motifs is 6. The third-order valence-electron chi connectivity index (χ3n) is 5.15. The van der Waals surface area contributed by atoms with Crippen LogP contribution in [0.2, 0.25) is 0 Å². The summed E-state index contributed by atoms with van der Waals surface area (Å²) in [6, 6.07) is 13.3. The highest BCUT2D eigenvalue weighted by molar-refractivity contribution is 7.77. The number of phenols is 2. The number of phenolic OH excluding ortho intramolecular Hbond substituents is 2. The van der Waals surface area contributed by atoms with E-state index in [2.05, 4.69) is 12.8 Å². The lowest BCUT2D eigenvalue weighted by atomic mass is 9.76. The van der Waals surface area contributed by atoms with Gasteiger partial charge in [-0.15, -0.1) is 0 Å². The van der Waals surface area contributed by atoms with Crippen LogP contribution in [0.3, 0.4) is 0 Å². The lowest BCUT2D eigenvalue weighted by Gasteiger charge is -2.37. The lowest BCUT2D eigenvalue weighted by molar-refractivity contribution is 0.0211. The standard InChI is InChI=1S/C21H13NO7S/c23-10-4-6-14-16(8-10)27-17-9-11(24)5-7-15(17)21(14)18-12(19(25)28-21)2-1-3-13(18)20(26)29-22-30/h1-9,22-24,30H. The van der Waals surface area contributed by atoms with Gasteiger partial charge in [-0.25, -0.2) is 9.59 Å². The molecule has 0 atom stereocenters. The average Bonchev–Trinajstić information content (AvgIpc) is 3.01. The SMILES string of the molecule is O=C(ONS)c1cccc2c1C1(OC2=O)c2ccc(O)cc2Oc2cc(O)ccc21. The summed E-state index contributed by atoms with van der Waals surface area (Å²) in [7, 11) is 0. The minimum absolute atomic E-state index is 0.0657. The van der Waals surface area contributed by atoms with Gasteiger partial charge in [0.05, 0.1) is 11.1 Å². The largest absolute Gasteiger partial charge is 0.508 e. The number of carbonyl (C=O) groups excluding carboxylic acids is 2. The predicted molar refractivity (Wildman–Crippen MR) is 106 cm³/mol. The van der Waals surface area contributed by atoms with Gasteiger partial charge < -0.3 is 24.5 Å². The van der Waals surface area contributed by atoms with Gasteiger partial charge in [0.2, 0.25) is 0 Å². The molecule has 2 heterocycles. The van der Waals surface area contributed by atoms with Gasteiger partial charge in [0.15, 0.2) is 5.60 Å². The number of esters is 1. The van der Waals surface area contributed by atoms with Crippen LogP contribution in [0.4, 0.5) is 0 Å². The quantitative estimate of drug-likeness (QED) is 0.282.